The maximum absolute atomic E-state index is 12.1. The average Bonchev–Trinajstić information content (AvgIpc) is 3.18. The van der Waals surface area contributed by atoms with Crippen LogP contribution in [0.5, 0.6) is 0 Å². The smallest absolute Gasteiger partial charge is 0.240 e. The summed E-state index contributed by atoms with van der Waals surface area (Å²) in [5.74, 6) is 1.41. The van der Waals surface area contributed by atoms with Gasteiger partial charge >= 0.3 is 0 Å². The van der Waals surface area contributed by atoms with Crippen molar-refractivity contribution < 1.29 is 9.32 Å². The third-order valence-electron chi connectivity index (χ3n) is 3.57. The first-order valence-corrected chi connectivity index (χ1v) is 8.15. The van der Waals surface area contributed by atoms with Gasteiger partial charge in [0.15, 0.2) is 5.82 Å². The molecule has 9 heteroatoms. The van der Waals surface area contributed by atoms with Crippen molar-refractivity contribution in [3.8, 4) is 0 Å². The van der Waals surface area contributed by atoms with E-state index in [9.17, 15) is 4.79 Å². The van der Waals surface area contributed by atoms with Gasteiger partial charge in [0, 0.05) is 5.92 Å². The Morgan fingerprint density at radius 1 is 1.59 bits per heavy atom. The normalized spacial score (nSPS) is 19.0. The van der Waals surface area contributed by atoms with Crippen LogP contribution in [-0.4, -0.2) is 44.2 Å². The Kier molecular flexibility index (Phi) is 4.44. The number of nitrogens with one attached hydrogen (secondary N) is 1. The SMILES string of the molecule is CC(C)c1nc(C2CCCN2CC(=O)Nc2nncs2)no1. The Balaban J connectivity index is 1.63. The first kappa shape index (κ1) is 15.0. The van der Waals surface area contributed by atoms with Crippen molar-refractivity contribution in [2.75, 3.05) is 18.4 Å². The summed E-state index contributed by atoms with van der Waals surface area (Å²) in [5, 5.41) is 14.8. The Morgan fingerprint density at radius 3 is 3.14 bits per heavy atom. The van der Waals surface area contributed by atoms with Gasteiger partial charge in [-0.15, -0.1) is 10.2 Å². The molecule has 2 aromatic heterocycles. The number of likely N-dealkylation sites (tertiary alicyclic amines) is 1. The molecule has 8 nitrogen and oxygen atoms in total. The Bertz CT molecular complexity index is 626. The summed E-state index contributed by atoms with van der Waals surface area (Å²) in [6, 6.07) is 0.0384. The molecular weight excluding hydrogens is 304 g/mol. The van der Waals surface area contributed by atoms with Crippen molar-refractivity contribution in [1.82, 2.24) is 25.2 Å². The number of aromatic nitrogens is 4. The van der Waals surface area contributed by atoms with Gasteiger partial charge < -0.3 is 4.52 Å². The highest BCUT2D eigenvalue weighted by Crippen LogP contribution is 2.30. The molecule has 1 atom stereocenters. The topological polar surface area (TPSA) is 97.0 Å². The second kappa shape index (κ2) is 6.49. The number of nitrogens with zero attached hydrogens (tertiary/aromatic N) is 5. The van der Waals surface area contributed by atoms with Gasteiger partial charge in [0.1, 0.15) is 5.51 Å². The molecule has 3 heterocycles. The monoisotopic (exact) mass is 322 g/mol. The minimum atomic E-state index is -0.101. The fourth-order valence-electron chi connectivity index (χ4n) is 2.50. The summed E-state index contributed by atoms with van der Waals surface area (Å²) in [5.41, 5.74) is 1.58. The lowest BCUT2D eigenvalue weighted by molar-refractivity contribution is -0.117. The highest BCUT2D eigenvalue weighted by Gasteiger charge is 2.31. The van der Waals surface area contributed by atoms with E-state index in [-0.39, 0.29) is 24.4 Å². The van der Waals surface area contributed by atoms with Crippen LogP contribution in [0.25, 0.3) is 0 Å². The molecule has 3 rings (SSSR count). The molecule has 1 aliphatic rings. The van der Waals surface area contributed by atoms with Crippen LogP contribution in [0.2, 0.25) is 0 Å². The number of anilines is 1. The number of hydrogen-bond donors (Lipinski definition) is 1. The van der Waals surface area contributed by atoms with E-state index >= 15 is 0 Å². The van der Waals surface area contributed by atoms with Crippen LogP contribution < -0.4 is 5.32 Å². The molecule has 1 unspecified atom stereocenters. The molecule has 1 aliphatic heterocycles. The van der Waals surface area contributed by atoms with Crippen molar-refractivity contribution >= 4 is 22.4 Å². The number of hydrogen-bond acceptors (Lipinski definition) is 8. The minimum absolute atomic E-state index is 0.0384. The maximum Gasteiger partial charge on any atom is 0.240 e. The van der Waals surface area contributed by atoms with E-state index in [4.69, 9.17) is 4.52 Å². The van der Waals surface area contributed by atoms with Crippen molar-refractivity contribution in [1.29, 1.82) is 0 Å². The molecule has 0 spiro atoms. The Hall–Kier alpha value is -1.87. The lowest BCUT2D eigenvalue weighted by Gasteiger charge is -2.20. The Labute approximate surface area is 131 Å². The van der Waals surface area contributed by atoms with E-state index in [0.717, 1.165) is 19.4 Å². The second-order valence-electron chi connectivity index (χ2n) is 5.57. The van der Waals surface area contributed by atoms with Crippen molar-refractivity contribution in [3.05, 3.63) is 17.2 Å². The summed E-state index contributed by atoms with van der Waals surface area (Å²) in [6.07, 6.45) is 1.95. The largest absolute Gasteiger partial charge is 0.339 e. The number of amides is 1. The van der Waals surface area contributed by atoms with Crippen LogP contribution in [0.15, 0.2) is 10.0 Å². The van der Waals surface area contributed by atoms with Gasteiger partial charge in [-0.2, -0.15) is 4.98 Å². The van der Waals surface area contributed by atoms with Gasteiger partial charge in [0.25, 0.3) is 0 Å². The first-order chi connectivity index (χ1) is 10.6. The number of carbonyl (C=O) groups excluding carboxylic acids is 1. The predicted octanol–water partition coefficient (Wildman–Crippen LogP) is 1.82. The van der Waals surface area contributed by atoms with Crippen LogP contribution in [0.4, 0.5) is 5.13 Å². The fraction of sp³-hybridized carbons (Fsp3) is 0.615. The summed E-state index contributed by atoms with van der Waals surface area (Å²) in [6.45, 7) is 5.16. The van der Waals surface area contributed by atoms with E-state index in [1.54, 1.807) is 5.51 Å². The highest BCUT2D eigenvalue weighted by molar-refractivity contribution is 7.13. The second-order valence-corrected chi connectivity index (χ2v) is 6.40. The third-order valence-corrected chi connectivity index (χ3v) is 4.17. The standard InChI is InChI=1S/C13H18N6O2S/c1-8(2)12-16-11(18-21-12)9-4-3-5-19(9)6-10(20)15-13-17-14-7-22-13/h7-9H,3-6H2,1-2H3,(H,15,17,20). The van der Waals surface area contributed by atoms with Gasteiger partial charge in [0.2, 0.25) is 16.9 Å². The van der Waals surface area contributed by atoms with Crippen molar-refractivity contribution in [2.45, 2.75) is 38.6 Å². The third kappa shape index (κ3) is 3.30. The summed E-state index contributed by atoms with van der Waals surface area (Å²) < 4.78 is 5.27. The molecule has 0 aromatic carbocycles. The van der Waals surface area contributed by atoms with Crippen molar-refractivity contribution in [3.63, 3.8) is 0 Å². The van der Waals surface area contributed by atoms with Crippen LogP contribution in [-0.2, 0) is 4.79 Å². The molecule has 0 saturated carbocycles. The van der Waals surface area contributed by atoms with Gasteiger partial charge in [-0.1, -0.05) is 30.3 Å². The van der Waals surface area contributed by atoms with E-state index in [1.807, 2.05) is 13.8 Å². The van der Waals surface area contributed by atoms with Crippen molar-refractivity contribution in [2.24, 2.45) is 0 Å². The molecule has 1 N–H and O–H groups in total. The molecule has 0 aliphatic carbocycles. The Morgan fingerprint density at radius 2 is 2.45 bits per heavy atom. The lowest BCUT2D eigenvalue weighted by Crippen LogP contribution is -2.33. The van der Waals surface area contributed by atoms with Gasteiger partial charge in [-0.3, -0.25) is 15.0 Å². The predicted molar refractivity (Wildman–Crippen MR) is 80.5 cm³/mol. The summed E-state index contributed by atoms with van der Waals surface area (Å²) >= 11 is 1.30. The molecule has 22 heavy (non-hydrogen) atoms. The first-order valence-electron chi connectivity index (χ1n) is 7.27. The van der Waals surface area contributed by atoms with E-state index < -0.39 is 0 Å². The maximum atomic E-state index is 12.1. The molecule has 0 bridgehead atoms. The van der Waals surface area contributed by atoms with Crippen LogP contribution in [0.1, 0.15) is 50.4 Å². The molecule has 0 radical (unpaired) electrons. The zero-order valence-electron chi connectivity index (χ0n) is 12.5. The average molecular weight is 322 g/mol. The van der Waals surface area contributed by atoms with Crippen LogP contribution >= 0.6 is 11.3 Å². The van der Waals surface area contributed by atoms with E-state index in [2.05, 4.69) is 30.6 Å². The zero-order chi connectivity index (χ0) is 15.5. The van der Waals surface area contributed by atoms with Gasteiger partial charge in [-0.05, 0) is 19.4 Å². The van der Waals surface area contributed by atoms with Gasteiger partial charge in [0.05, 0.1) is 12.6 Å². The molecule has 118 valence electrons. The van der Waals surface area contributed by atoms with E-state index in [1.165, 1.54) is 11.3 Å². The summed E-state index contributed by atoms with van der Waals surface area (Å²) in [7, 11) is 0. The van der Waals surface area contributed by atoms with E-state index in [0.29, 0.717) is 16.8 Å². The van der Waals surface area contributed by atoms with Crippen LogP contribution in [0.3, 0.4) is 0 Å². The lowest BCUT2D eigenvalue weighted by atomic mass is 10.2. The highest BCUT2D eigenvalue weighted by atomic mass is 32.1. The number of carbonyl (C=O) groups is 1. The molecule has 2 aromatic rings. The minimum Gasteiger partial charge on any atom is -0.339 e. The molecular formula is C13H18N6O2S. The summed E-state index contributed by atoms with van der Waals surface area (Å²) in [4.78, 5) is 18.6. The van der Waals surface area contributed by atoms with Gasteiger partial charge in [-0.25, -0.2) is 0 Å². The molecule has 1 amide bonds. The fourth-order valence-corrected chi connectivity index (χ4v) is 2.96. The quantitative estimate of drug-likeness (QED) is 0.896. The molecule has 1 fully saturated rings. The molecule has 1 saturated heterocycles. The zero-order valence-corrected chi connectivity index (χ0v) is 13.3. The van der Waals surface area contributed by atoms with Crippen LogP contribution in [0, 0.1) is 0 Å². The number of rotatable bonds is 5.